The Hall–Kier alpha value is -0.780. The SMILES string of the molecule is CCCNC(CC)c1nnc(Cc2ccsc2)s1. The van der Waals surface area contributed by atoms with Crippen LogP contribution in [0.15, 0.2) is 16.8 Å². The van der Waals surface area contributed by atoms with Gasteiger partial charge in [-0.1, -0.05) is 25.2 Å². The van der Waals surface area contributed by atoms with E-state index in [9.17, 15) is 0 Å². The average molecular weight is 281 g/mol. The zero-order valence-corrected chi connectivity index (χ0v) is 12.5. The number of hydrogen-bond acceptors (Lipinski definition) is 5. The Bertz CT molecular complexity index is 451. The third-order valence-electron chi connectivity index (χ3n) is 2.77. The Labute approximate surface area is 116 Å². The summed E-state index contributed by atoms with van der Waals surface area (Å²) >= 11 is 3.47. The maximum Gasteiger partial charge on any atom is 0.134 e. The molecule has 0 aromatic carbocycles. The van der Waals surface area contributed by atoms with Gasteiger partial charge in [0, 0.05) is 6.42 Å². The monoisotopic (exact) mass is 281 g/mol. The first-order valence-corrected chi connectivity index (χ1v) is 8.16. The molecule has 0 bridgehead atoms. The molecule has 0 amide bonds. The Balaban J connectivity index is 1.99. The van der Waals surface area contributed by atoms with Crippen molar-refractivity contribution in [3.05, 3.63) is 32.4 Å². The summed E-state index contributed by atoms with van der Waals surface area (Å²) in [6, 6.07) is 2.51. The highest BCUT2D eigenvalue weighted by Gasteiger charge is 2.14. The fourth-order valence-corrected chi connectivity index (χ4v) is 3.48. The van der Waals surface area contributed by atoms with Crippen molar-refractivity contribution in [1.82, 2.24) is 15.5 Å². The van der Waals surface area contributed by atoms with E-state index in [1.165, 1.54) is 5.56 Å². The summed E-state index contributed by atoms with van der Waals surface area (Å²) < 4.78 is 0. The first-order valence-electron chi connectivity index (χ1n) is 6.40. The molecule has 0 saturated heterocycles. The van der Waals surface area contributed by atoms with Gasteiger partial charge in [-0.25, -0.2) is 0 Å². The van der Waals surface area contributed by atoms with Crippen LogP contribution in [-0.2, 0) is 6.42 Å². The van der Waals surface area contributed by atoms with Crippen LogP contribution in [0.1, 0.15) is 48.3 Å². The third-order valence-corrected chi connectivity index (χ3v) is 4.53. The van der Waals surface area contributed by atoms with Crippen molar-refractivity contribution < 1.29 is 0 Å². The highest BCUT2D eigenvalue weighted by atomic mass is 32.1. The molecule has 0 radical (unpaired) electrons. The van der Waals surface area contributed by atoms with Crippen molar-refractivity contribution in [2.24, 2.45) is 0 Å². The minimum Gasteiger partial charge on any atom is -0.308 e. The lowest BCUT2D eigenvalue weighted by atomic mass is 10.2. The van der Waals surface area contributed by atoms with Crippen LogP contribution in [0.5, 0.6) is 0 Å². The molecular weight excluding hydrogens is 262 g/mol. The summed E-state index contributed by atoms with van der Waals surface area (Å²) in [6.07, 6.45) is 3.12. The van der Waals surface area contributed by atoms with E-state index < -0.39 is 0 Å². The maximum absolute atomic E-state index is 4.33. The van der Waals surface area contributed by atoms with E-state index in [0.29, 0.717) is 6.04 Å². The number of rotatable bonds is 7. The predicted octanol–water partition coefficient (Wildman–Crippen LogP) is 3.64. The molecule has 0 saturated carbocycles. The fraction of sp³-hybridized carbons (Fsp3) is 0.538. The van der Waals surface area contributed by atoms with Crippen LogP contribution in [0.25, 0.3) is 0 Å². The Kier molecular flexibility index (Phi) is 5.28. The first kappa shape index (κ1) is 13.6. The van der Waals surface area contributed by atoms with Crippen molar-refractivity contribution in [3.63, 3.8) is 0 Å². The molecule has 3 nitrogen and oxygen atoms in total. The Morgan fingerprint density at radius 3 is 2.89 bits per heavy atom. The predicted molar refractivity (Wildman–Crippen MR) is 78.4 cm³/mol. The van der Waals surface area contributed by atoms with Crippen molar-refractivity contribution in [2.75, 3.05) is 6.54 Å². The Morgan fingerprint density at radius 2 is 2.22 bits per heavy atom. The molecule has 98 valence electrons. The standard InChI is InChI=1S/C13H19N3S2/c1-3-6-14-11(4-2)13-16-15-12(18-13)8-10-5-7-17-9-10/h5,7,9,11,14H,3-4,6,8H2,1-2H3. The van der Waals surface area contributed by atoms with Gasteiger partial charge in [0.1, 0.15) is 10.0 Å². The summed E-state index contributed by atoms with van der Waals surface area (Å²) in [5.41, 5.74) is 1.33. The highest BCUT2D eigenvalue weighted by molar-refractivity contribution is 7.11. The van der Waals surface area contributed by atoms with Gasteiger partial charge in [-0.2, -0.15) is 11.3 Å². The van der Waals surface area contributed by atoms with Gasteiger partial charge >= 0.3 is 0 Å². The van der Waals surface area contributed by atoms with Crippen molar-refractivity contribution in [2.45, 2.75) is 39.2 Å². The molecule has 1 unspecified atom stereocenters. The van der Waals surface area contributed by atoms with Gasteiger partial charge in [-0.05, 0) is 41.8 Å². The van der Waals surface area contributed by atoms with Crippen LogP contribution in [-0.4, -0.2) is 16.7 Å². The van der Waals surface area contributed by atoms with Gasteiger partial charge in [0.2, 0.25) is 0 Å². The van der Waals surface area contributed by atoms with E-state index >= 15 is 0 Å². The largest absolute Gasteiger partial charge is 0.308 e. The topological polar surface area (TPSA) is 37.8 Å². The zero-order chi connectivity index (χ0) is 12.8. The molecule has 18 heavy (non-hydrogen) atoms. The van der Waals surface area contributed by atoms with Crippen molar-refractivity contribution in [3.8, 4) is 0 Å². The zero-order valence-electron chi connectivity index (χ0n) is 10.8. The van der Waals surface area contributed by atoms with Crippen LogP contribution in [0, 0.1) is 0 Å². The molecule has 0 aliphatic heterocycles. The van der Waals surface area contributed by atoms with Gasteiger partial charge in [0.25, 0.3) is 0 Å². The van der Waals surface area contributed by atoms with Crippen LogP contribution in [0.4, 0.5) is 0 Å². The van der Waals surface area contributed by atoms with E-state index in [1.54, 1.807) is 22.7 Å². The second-order valence-electron chi connectivity index (χ2n) is 4.26. The Morgan fingerprint density at radius 1 is 1.33 bits per heavy atom. The third kappa shape index (κ3) is 3.60. The van der Waals surface area contributed by atoms with Gasteiger partial charge in [-0.3, -0.25) is 0 Å². The highest BCUT2D eigenvalue weighted by Crippen LogP contribution is 2.23. The molecule has 0 fully saturated rings. The molecule has 2 heterocycles. The molecule has 2 aromatic rings. The van der Waals surface area contributed by atoms with E-state index in [1.807, 2.05) is 0 Å². The molecule has 1 N–H and O–H groups in total. The lowest BCUT2D eigenvalue weighted by molar-refractivity contribution is 0.513. The van der Waals surface area contributed by atoms with E-state index in [4.69, 9.17) is 0 Å². The molecule has 0 aliphatic carbocycles. The lowest BCUT2D eigenvalue weighted by Crippen LogP contribution is -2.21. The van der Waals surface area contributed by atoms with Gasteiger partial charge in [0.15, 0.2) is 0 Å². The average Bonchev–Trinajstić information content (AvgIpc) is 3.03. The second-order valence-corrected chi connectivity index (χ2v) is 6.13. The molecule has 5 heteroatoms. The summed E-state index contributed by atoms with van der Waals surface area (Å²) in [7, 11) is 0. The van der Waals surface area contributed by atoms with E-state index in [0.717, 1.165) is 35.8 Å². The summed E-state index contributed by atoms with van der Waals surface area (Å²) in [5, 5.41) is 18.7. The quantitative estimate of drug-likeness (QED) is 0.842. The van der Waals surface area contributed by atoms with Gasteiger partial charge < -0.3 is 5.32 Å². The van der Waals surface area contributed by atoms with Gasteiger partial charge in [-0.15, -0.1) is 10.2 Å². The summed E-state index contributed by atoms with van der Waals surface area (Å²) in [6.45, 7) is 5.41. The molecule has 0 spiro atoms. The molecule has 2 rings (SSSR count). The molecular formula is C13H19N3S2. The second kappa shape index (κ2) is 6.97. The van der Waals surface area contributed by atoms with E-state index in [2.05, 4.69) is 46.2 Å². The lowest BCUT2D eigenvalue weighted by Gasteiger charge is -2.12. The van der Waals surface area contributed by atoms with E-state index in [-0.39, 0.29) is 0 Å². The van der Waals surface area contributed by atoms with Crippen LogP contribution < -0.4 is 5.32 Å². The normalized spacial score (nSPS) is 12.8. The van der Waals surface area contributed by atoms with Gasteiger partial charge in [0.05, 0.1) is 6.04 Å². The molecule has 0 aliphatic rings. The molecule has 2 aromatic heterocycles. The summed E-state index contributed by atoms with van der Waals surface area (Å²) in [4.78, 5) is 0. The van der Waals surface area contributed by atoms with Crippen LogP contribution in [0.2, 0.25) is 0 Å². The van der Waals surface area contributed by atoms with Crippen molar-refractivity contribution in [1.29, 1.82) is 0 Å². The number of nitrogens with one attached hydrogen (secondary N) is 1. The fourth-order valence-electron chi connectivity index (χ4n) is 1.77. The maximum atomic E-state index is 4.33. The number of nitrogens with zero attached hydrogens (tertiary/aromatic N) is 2. The first-order chi connectivity index (χ1) is 8.83. The van der Waals surface area contributed by atoms with Crippen LogP contribution >= 0.6 is 22.7 Å². The number of aromatic nitrogens is 2. The smallest absolute Gasteiger partial charge is 0.134 e. The minimum atomic E-state index is 0.360. The van der Waals surface area contributed by atoms with Crippen molar-refractivity contribution >= 4 is 22.7 Å². The minimum absolute atomic E-state index is 0.360. The number of hydrogen-bond donors (Lipinski definition) is 1. The molecule has 1 atom stereocenters. The number of thiophene rings is 1. The summed E-state index contributed by atoms with van der Waals surface area (Å²) in [5.74, 6) is 0. The van der Waals surface area contributed by atoms with Crippen LogP contribution in [0.3, 0.4) is 0 Å².